The van der Waals surface area contributed by atoms with Crippen LogP contribution in [0.2, 0.25) is 5.02 Å². The molecule has 8 heteroatoms. The van der Waals surface area contributed by atoms with E-state index in [1.165, 1.54) is 12.0 Å². The summed E-state index contributed by atoms with van der Waals surface area (Å²) in [6, 6.07) is 3.30. The smallest absolute Gasteiger partial charge is 0.311 e. The third-order valence-electron chi connectivity index (χ3n) is 3.11. The summed E-state index contributed by atoms with van der Waals surface area (Å²) in [5.41, 5.74) is 0.516. The lowest BCUT2D eigenvalue weighted by Gasteiger charge is -2.19. The Balaban J connectivity index is 2.31. The summed E-state index contributed by atoms with van der Waals surface area (Å²) in [6.45, 7) is 0.238. The molecule has 1 fully saturated rings. The van der Waals surface area contributed by atoms with E-state index in [0.29, 0.717) is 20.1 Å². The van der Waals surface area contributed by atoms with Gasteiger partial charge in [0.1, 0.15) is 5.40 Å². The van der Waals surface area contributed by atoms with Crippen LogP contribution in [0.1, 0.15) is 6.42 Å². The second kappa shape index (κ2) is 6.69. The predicted molar refractivity (Wildman–Crippen MR) is 83.1 cm³/mol. The standard InChI is InChI=1S/C13H10BrClN2O3S/c1-20-13(19)7-2-12(18)17(5-7)10-3-8(14)11(21-6-16)4-9(10)15/h3-4,7H,2,5H2,1H3. The van der Waals surface area contributed by atoms with Crippen LogP contribution < -0.4 is 4.90 Å². The van der Waals surface area contributed by atoms with Crippen molar-refractivity contribution in [1.29, 1.82) is 5.26 Å². The molecule has 0 bridgehead atoms. The van der Waals surface area contributed by atoms with E-state index in [1.54, 1.807) is 12.1 Å². The van der Waals surface area contributed by atoms with Crippen LogP contribution in [-0.4, -0.2) is 25.5 Å². The number of esters is 1. The lowest BCUT2D eigenvalue weighted by Crippen LogP contribution is -2.26. The highest BCUT2D eigenvalue weighted by atomic mass is 79.9. The molecule has 0 spiro atoms. The molecule has 1 amide bonds. The van der Waals surface area contributed by atoms with Gasteiger partial charge in [0.25, 0.3) is 0 Å². The van der Waals surface area contributed by atoms with Crippen LogP contribution in [0.5, 0.6) is 0 Å². The van der Waals surface area contributed by atoms with Gasteiger partial charge in [-0.3, -0.25) is 9.59 Å². The van der Waals surface area contributed by atoms with Crippen LogP contribution in [0.3, 0.4) is 0 Å². The van der Waals surface area contributed by atoms with Crippen molar-refractivity contribution in [2.45, 2.75) is 11.3 Å². The fraction of sp³-hybridized carbons (Fsp3) is 0.308. The second-order valence-corrected chi connectivity index (χ2v) is 6.44. The van der Waals surface area contributed by atoms with Crippen molar-refractivity contribution in [2.24, 2.45) is 5.92 Å². The van der Waals surface area contributed by atoms with E-state index in [-0.39, 0.29) is 18.9 Å². The van der Waals surface area contributed by atoms with Crippen LogP contribution >= 0.6 is 39.3 Å². The molecule has 0 saturated carbocycles. The Bertz CT molecular complexity index is 647. The highest BCUT2D eigenvalue weighted by molar-refractivity contribution is 9.10. The average Bonchev–Trinajstić information content (AvgIpc) is 2.84. The summed E-state index contributed by atoms with van der Waals surface area (Å²) in [5, 5.41) is 11.0. The summed E-state index contributed by atoms with van der Waals surface area (Å²) < 4.78 is 5.34. The van der Waals surface area contributed by atoms with Gasteiger partial charge in [0.05, 0.1) is 23.7 Å². The zero-order chi connectivity index (χ0) is 15.6. The predicted octanol–water partition coefficient (Wildman–Crippen LogP) is 3.20. The van der Waals surface area contributed by atoms with Gasteiger partial charge in [-0.25, -0.2) is 0 Å². The molecule has 1 aliphatic heterocycles. The molecule has 21 heavy (non-hydrogen) atoms. The Morgan fingerprint density at radius 3 is 2.95 bits per heavy atom. The van der Waals surface area contributed by atoms with Gasteiger partial charge in [-0.2, -0.15) is 5.26 Å². The summed E-state index contributed by atoms with van der Waals surface area (Å²) in [4.78, 5) is 25.7. The normalized spacial score (nSPS) is 17.7. The number of halogens is 2. The number of benzene rings is 1. The molecule has 1 heterocycles. The average molecular weight is 390 g/mol. The molecule has 2 rings (SSSR count). The van der Waals surface area contributed by atoms with Gasteiger partial charge in [0, 0.05) is 22.3 Å². The Labute approximate surface area is 139 Å². The van der Waals surface area contributed by atoms with Crippen LogP contribution in [0, 0.1) is 16.6 Å². The minimum atomic E-state index is -0.481. The number of thioether (sulfide) groups is 1. The zero-order valence-corrected chi connectivity index (χ0v) is 14.1. The molecule has 1 aromatic carbocycles. The highest BCUT2D eigenvalue weighted by Crippen LogP contribution is 2.38. The largest absolute Gasteiger partial charge is 0.469 e. The molecule has 1 unspecified atom stereocenters. The molecule has 5 nitrogen and oxygen atoms in total. The quantitative estimate of drug-likeness (QED) is 0.451. The van der Waals surface area contributed by atoms with Crippen molar-refractivity contribution in [3.63, 3.8) is 0 Å². The van der Waals surface area contributed by atoms with Gasteiger partial charge in [-0.15, -0.1) is 0 Å². The molecule has 1 atom stereocenters. The van der Waals surface area contributed by atoms with E-state index in [4.69, 9.17) is 16.9 Å². The van der Waals surface area contributed by atoms with E-state index in [0.717, 1.165) is 11.8 Å². The van der Waals surface area contributed by atoms with Crippen molar-refractivity contribution in [3.8, 4) is 5.40 Å². The van der Waals surface area contributed by atoms with Crippen molar-refractivity contribution in [3.05, 3.63) is 21.6 Å². The van der Waals surface area contributed by atoms with Gasteiger partial charge in [0.2, 0.25) is 5.91 Å². The monoisotopic (exact) mass is 388 g/mol. The molecule has 0 aliphatic carbocycles. The van der Waals surface area contributed by atoms with E-state index in [2.05, 4.69) is 20.7 Å². The van der Waals surface area contributed by atoms with E-state index >= 15 is 0 Å². The summed E-state index contributed by atoms with van der Waals surface area (Å²) >= 11 is 10.5. The molecular formula is C13H10BrClN2O3S. The van der Waals surface area contributed by atoms with Gasteiger partial charge in [-0.1, -0.05) is 11.6 Å². The number of anilines is 1. The van der Waals surface area contributed by atoms with Gasteiger partial charge < -0.3 is 9.64 Å². The molecular weight excluding hydrogens is 380 g/mol. The van der Waals surface area contributed by atoms with E-state index in [1.807, 2.05) is 5.40 Å². The number of thiocyanates is 1. The molecule has 1 saturated heterocycles. The zero-order valence-electron chi connectivity index (χ0n) is 10.9. The fourth-order valence-electron chi connectivity index (χ4n) is 2.12. The minimum absolute atomic E-state index is 0.106. The van der Waals surface area contributed by atoms with Crippen molar-refractivity contribution < 1.29 is 14.3 Å². The topological polar surface area (TPSA) is 70.4 Å². The summed E-state index contributed by atoms with van der Waals surface area (Å²) in [5.74, 6) is -1.07. The number of ether oxygens (including phenoxy) is 1. The lowest BCUT2D eigenvalue weighted by molar-refractivity contribution is -0.145. The first-order valence-electron chi connectivity index (χ1n) is 5.91. The first-order valence-corrected chi connectivity index (χ1v) is 7.89. The molecule has 0 radical (unpaired) electrons. The maximum atomic E-state index is 12.1. The van der Waals surface area contributed by atoms with Crippen LogP contribution in [0.15, 0.2) is 21.5 Å². The number of rotatable bonds is 3. The van der Waals surface area contributed by atoms with Crippen molar-refractivity contribution in [1.82, 2.24) is 0 Å². The Morgan fingerprint density at radius 2 is 2.33 bits per heavy atom. The molecule has 110 valence electrons. The first kappa shape index (κ1) is 16.1. The highest BCUT2D eigenvalue weighted by Gasteiger charge is 2.36. The molecule has 1 aliphatic rings. The van der Waals surface area contributed by atoms with E-state index in [9.17, 15) is 9.59 Å². The molecule has 1 aromatic rings. The van der Waals surface area contributed by atoms with Crippen molar-refractivity contribution in [2.75, 3.05) is 18.6 Å². The number of nitrogens with zero attached hydrogens (tertiary/aromatic N) is 2. The third-order valence-corrected chi connectivity index (χ3v) is 4.98. The second-order valence-electron chi connectivity index (χ2n) is 4.36. The van der Waals surface area contributed by atoms with Crippen LogP contribution in [-0.2, 0) is 14.3 Å². The SMILES string of the molecule is COC(=O)C1CC(=O)N(c2cc(Br)c(SC#N)cc2Cl)C1. The number of amides is 1. The Morgan fingerprint density at radius 1 is 1.62 bits per heavy atom. The maximum absolute atomic E-state index is 12.1. The third kappa shape index (κ3) is 3.34. The maximum Gasteiger partial charge on any atom is 0.311 e. The Kier molecular flexibility index (Phi) is 5.14. The number of hydrogen-bond donors (Lipinski definition) is 0. The number of nitriles is 1. The number of hydrogen-bond acceptors (Lipinski definition) is 5. The first-order chi connectivity index (χ1) is 9.97. The summed E-state index contributed by atoms with van der Waals surface area (Å²) in [6.07, 6.45) is 0.106. The lowest BCUT2D eigenvalue weighted by atomic mass is 10.1. The van der Waals surface area contributed by atoms with Gasteiger partial charge >= 0.3 is 5.97 Å². The number of methoxy groups -OCH3 is 1. The Hall–Kier alpha value is -1.23. The summed E-state index contributed by atoms with van der Waals surface area (Å²) in [7, 11) is 1.30. The fourth-order valence-corrected chi connectivity index (χ4v) is 3.45. The minimum Gasteiger partial charge on any atom is -0.469 e. The van der Waals surface area contributed by atoms with Gasteiger partial charge in [-0.05, 0) is 39.8 Å². The van der Waals surface area contributed by atoms with Crippen LogP contribution in [0.4, 0.5) is 5.69 Å². The number of carbonyl (C=O) groups excluding carboxylic acids is 2. The molecule has 0 aromatic heterocycles. The molecule has 0 N–H and O–H groups in total. The van der Waals surface area contributed by atoms with Gasteiger partial charge in [0.15, 0.2) is 0 Å². The van der Waals surface area contributed by atoms with Crippen molar-refractivity contribution >= 4 is 56.9 Å². The van der Waals surface area contributed by atoms with Crippen LogP contribution in [0.25, 0.3) is 0 Å². The van der Waals surface area contributed by atoms with E-state index < -0.39 is 11.9 Å². The number of carbonyl (C=O) groups is 2.